The van der Waals surface area contributed by atoms with Crippen molar-refractivity contribution in [2.75, 3.05) is 20.2 Å². The lowest BCUT2D eigenvalue weighted by molar-refractivity contribution is 0.0173. The number of carbonyl (C=O) groups excluding carboxylic acids is 1. The zero-order valence-corrected chi connectivity index (χ0v) is 13.2. The molecule has 1 N–H and O–H groups in total. The number of pyridine rings is 1. The fraction of sp³-hybridized carbons (Fsp3) is 0.222. The Kier molecular flexibility index (Phi) is 3.57. The quantitative estimate of drug-likeness (QED) is 0.801. The maximum Gasteiger partial charge on any atom is 0.270 e. The van der Waals surface area contributed by atoms with Crippen molar-refractivity contribution < 1.29 is 14.3 Å². The molecule has 0 radical (unpaired) electrons. The summed E-state index contributed by atoms with van der Waals surface area (Å²) < 4.78 is 11.0. The van der Waals surface area contributed by atoms with Crippen molar-refractivity contribution in [2.24, 2.45) is 0 Å². The zero-order chi connectivity index (χ0) is 16.5. The van der Waals surface area contributed by atoms with E-state index in [0.717, 1.165) is 22.4 Å². The third-order valence-corrected chi connectivity index (χ3v) is 4.13. The molecule has 0 aliphatic carbocycles. The molecule has 1 aromatic carbocycles. The number of rotatable bonds is 4. The molecule has 6 nitrogen and oxygen atoms in total. The number of benzene rings is 1. The molecule has 0 bridgehead atoms. The van der Waals surface area contributed by atoms with Crippen molar-refractivity contribution in [3.8, 4) is 11.5 Å². The number of amides is 1. The molecule has 0 spiro atoms. The maximum absolute atomic E-state index is 12.5. The second-order valence-corrected chi connectivity index (χ2v) is 5.77. The van der Waals surface area contributed by atoms with E-state index in [-0.39, 0.29) is 12.0 Å². The van der Waals surface area contributed by atoms with Gasteiger partial charge in [-0.05, 0) is 30.3 Å². The number of carbonyl (C=O) groups is 1. The lowest BCUT2D eigenvalue weighted by Crippen LogP contribution is -2.56. The number of ether oxygens (including phenoxy) is 2. The second-order valence-electron chi connectivity index (χ2n) is 5.77. The van der Waals surface area contributed by atoms with Gasteiger partial charge < -0.3 is 19.4 Å². The molecule has 1 aliphatic heterocycles. The Hall–Kier alpha value is -3.02. The van der Waals surface area contributed by atoms with E-state index in [4.69, 9.17) is 9.47 Å². The molecule has 4 rings (SSSR count). The van der Waals surface area contributed by atoms with Crippen molar-refractivity contribution in [1.29, 1.82) is 0 Å². The number of H-pyrrole nitrogens is 1. The third kappa shape index (κ3) is 2.67. The van der Waals surface area contributed by atoms with E-state index < -0.39 is 0 Å². The molecule has 0 saturated carbocycles. The van der Waals surface area contributed by atoms with Crippen LogP contribution in [0.5, 0.6) is 11.5 Å². The lowest BCUT2D eigenvalue weighted by Gasteiger charge is -2.38. The van der Waals surface area contributed by atoms with Crippen LogP contribution in [0.4, 0.5) is 0 Å². The van der Waals surface area contributed by atoms with Gasteiger partial charge in [0.1, 0.15) is 23.3 Å². The summed E-state index contributed by atoms with van der Waals surface area (Å²) in [5.74, 6) is 1.47. The standard InChI is InChI=1S/C18H17N3O3/c1-23-13-5-4-12-7-17(20-16(12)8-13)18(22)21-10-15(11-21)24-14-3-2-6-19-9-14/h2-9,15,20H,10-11H2,1H3. The molecule has 0 atom stereocenters. The van der Waals surface area contributed by atoms with Gasteiger partial charge in [-0.2, -0.15) is 0 Å². The van der Waals surface area contributed by atoms with Gasteiger partial charge in [0, 0.05) is 23.2 Å². The van der Waals surface area contributed by atoms with Crippen molar-refractivity contribution in [3.05, 3.63) is 54.5 Å². The smallest absolute Gasteiger partial charge is 0.270 e. The number of likely N-dealkylation sites (tertiary alicyclic amines) is 1. The highest BCUT2D eigenvalue weighted by molar-refractivity contribution is 5.98. The van der Waals surface area contributed by atoms with E-state index in [1.54, 1.807) is 24.4 Å². The van der Waals surface area contributed by atoms with Crippen molar-refractivity contribution in [2.45, 2.75) is 6.10 Å². The van der Waals surface area contributed by atoms with E-state index >= 15 is 0 Å². The third-order valence-electron chi connectivity index (χ3n) is 4.13. The average molecular weight is 323 g/mol. The predicted octanol–water partition coefficient (Wildman–Crippen LogP) is 2.47. The highest BCUT2D eigenvalue weighted by Gasteiger charge is 2.33. The van der Waals surface area contributed by atoms with Gasteiger partial charge in [0.05, 0.1) is 26.4 Å². The fourth-order valence-corrected chi connectivity index (χ4v) is 2.81. The van der Waals surface area contributed by atoms with E-state index in [1.165, 1.54) is 0 Å². The highest BCUT2D eigenvalue weighted by Crippen LogP contribution is 2.24. The van der Waals surface area contributed by atoms with Crippen LogP contribution in [0, 0.1) is 0 Å². The van der Waals surface area contributed by atoms with Gasteiger partial charge in [-0.3, -0.25) is 9.78 Å². The summed E-state index contributed by atoms with van der Waals surface area (Å²) in [6, 6.07) is 11.3. The largest absolute Gasteiger partial charge is 0.497 e. The van der Waals surface area contributed by atoms with Gasteiger partial charge in [-0.25, -0.2) is 0 Å². The van der Waals surface area contributed by atoms with Crippen molar-refractivity contribution in [3.63, 3.8) is 0 Å². The highest BCUT2D eigenvalue weighted by atomic mass is 16.5. The molecule has 24 heavy (non-hydrogen) atoms. The summed E-state index contributed by atoms with van der Waals surface area (Å²) in [5, 5.41) is 0.989. The minimum absolute atomic E-state index is 0.0163. The number of hydrogen-bond acceptors (Lipinski definition) is 4. The van der Waals surface area contributed by atoms with Crippen molar-refractivity contribution >= 4 is 16.8 Å². The Bertz CT molecular complexity index is 870. The molecular weight excluding hydrogens is 306 g/mol. The van der Waals surface area contributed by atoms with Gasteiger partial charge in [0.2, 0.25) is 0 Å². The Morgan fingerprint density at radius 3 is 2.88 bits per heavy atom. The average Bonchev–Trinajstić information content (AvgIpc) is 3.01. The Balaban J connectivity index is 1.42. The lowest BCUT2D eigenvalue weighted by atomic mass is 10.1. The normalized spacial score (nSPS) is 14.5. The van der Waals surface area contributed by atoms with Crippen LogP contribution in [-0.2, 0) is 0 Å². The van der Waals surface area contributed by atoms with Crippen LogP contribution in [0.25, 0.3) is 10.9 Å². The van der Waals surface area contributed by atoms with Crippen LogP contribution in [-0.4, -0.2) is 47.1 Å². The van der Waals surface area contributed by atoms with Gasteiger partial charge >= 0.3 is 0 Å². The molecule has 1 aliphatic rings. The van der Waals surface area contributed by atoms with Gasteiger partial charge in [-0.1, -0.05) is 0 Å². The summed E-state index contributed by atoms with van der Waals surface area (Å²) in [7, 11) is 1.62. The first-order valence-electron chi connectivity index (χ1n) is 7.75. The molecular formula is C18H17N3O3. The van der Waals surface area contributed by atoms with Crippen LogP contribution in [0.15, 0.2) is 48.8 Å². The number of hydrogen-bond donors (Lipinski definition) is 1. The topological polar surface area (TPSA) is 67.4 Å². The van der Waals surface area contributed by atoms with Crippen LogP contribution >= 0.6 is 0 Å². The number of nitrogens with one attached hydrogen (secondary N) is 1. The monoisotopic (exact) mass is 323 g/mol. The summed E-state index contributed by atoms with van der Waals surface area (Å²) in [6.07, 6.45) is 3.40. The van der Waals surface area contributed by atoms with E-state index in [0.29, 0.717) is 18.8 Å². The summed E-state index contributed by atoms with van der Waals surface area (Å²) in [4.78, 5) is 21.5. The predicted molar refractivity (Wildman–Crippen MR) is 89.4 cm³/mol. The zero-order valence-electron chi connectivity index (χ0n) is 13.2. The van der Waals surface area contributed by atoms with Crippen LogP contribution in [0.2, 0.25) is 0 Å². The maximum atomic E-state index is 12.5. The molecule has 6 heteroatoms. The molecule has 1 amide bonds. The summed E-state index contributed by atoms with van der Waals surface area (Å²) >= 11 is 0. The molecule has 3 heterocycles. The van der Waals surface area contributed by atoms with Crippen LogP contribution < -0.4 is 9.47 Å². The Morgan fingerprint density at radius 2 is 2.12 bits per heavy atom. The van der Waals surface area contributed by atoms with Gasteiger partial charge in [0.25, 0.3) is 5.91 Å². The SMILES string of the molecule is COc1ccc2cc(C(=O)N3CC(Oc4cccnc4)C3)[nH]c2c1. The fourth-order valence-electron chi connectivity index (χ4n) is 2.81. The number of fused-ring (bicyclic) bond motifs is 1. The minimum atomic E-state index is -0.0174. The molecule has 1 saturated heterocycles. The summed E-state index contributed by atoms with van der Waals surface area (Å²) in [5.41, 5.74) is 1.47. The molecule has 0 unspecified atom stereocenters. The molecule has 122 valence electrons. The van der Waals surface area contributed by atoms with E-state index in [2.05, 4.69) is 9.97 Å². The van der Waals surface area contributed by atoms with E-state index in [1.807, 2.05) is 36.4 Å². The van der Waals surface area contributed by atoms with Gasteiger partial charge in [-0.15, -0.1) is 0 Å². The Morgan fingerprint density at radius 1 is 1.25 bits per heavy atom. The first-order chi connectivity index (χ1) is 11.7. The number of methoxy groups -OCH3 is 1. The number of nitrogens with zero attached hydrogens (tertiary/aromatic N) is 2. The molecule has 2 aromatic heterocycles. The number of aromatic amines is 1. The summed E-state index contributed by atoms with van der Waals surface area (Å²) in [6.45, 7) is 1.15. The minimum Gasteiger partial charge on any atom is -0.497 e. The van der Waals surface area contributed by atoms with Crippen molar-refractivity contribution in [1.82, 2.24) is 14.9 Å². The van der Waals surface area contributed by atoms with Crippen LogP contribution in [0.3, 0.4) is 0 Å². The number of aromatic nitrogens is 2. The Labute approximate surface area is 139 Å². The van der Waals surface area contributed by atoms with Gasteiger partial charge in [0.15, 0.2) is 0 Å². The van der Waals surface area contributed by atoms with E-state index in [9.17, 15) is 4.79 Å². The first kappa shape index (κ1) is 14.6. The molecule has 1 fully saturated rings. The first-order valence-corrected chi connectivity index (χ1v) is 7.75. The second kappa shape index (κ2) is 5.88. The molecule has 3 aromatic rings. The van der Waals surface area contributed by atoms with Crippen LogP contribution in [0.1, 0.15) is 10.5 Å².